The Morgan fingerprint density at radius 3 is 2.86 bits per heavy atom. The monoisotopic (exact) mass is 274 g/mol. The number of benzene rings is 1. The molecule has 4 aromatic rings. The fourth-order valence-electron chi connectivity index (χ4n) is 2.66. The van der Waals surface area contributed by atoms with Crippen LogP contribution in [0.25, 0.3) is 32.8 Å². The van der Waals surface area contributed by atoms with E-state index < -0.39 is 0 Å². The normalized spacial score (nSPS) is 11.1. The van der Waals surface area contributed by atoms with E-state index in [9.17, 15) is 0 Å². The highest BCUT2D eigenvalue weighted by Gasteiger charge is 2.06. The molecule has 0 saturated heterocycles. The van der Waals surface area contributed by atoms with Crippen LogP contribution in [0.2, 0.25) is 0 Å². The molecule has 0 aliphatic carbocycles. The highest BCUT2D eigenvalue weighted by molar-refractivity contribution is 5.97. The molecule has 0 radical (unpaired) electrons. The van der Waals surface area contributed by atoms with Crippen LogP contribution in [0.3, 0.4) is 0 Å². The minimum Gasteiger partial charge on any atom is -0.373 e. The largest absolute Gasteiger partial charge is 0.373 e. The lowest BCUT2D eigenvalue weighted by Crippen LogP contribution is -1.91. The first-order valence-electron chi connectivity index (χ1n) is 6.84. The molecule has 21 heavy (non-hydrogen) atoms. The summed E-state index contributed by atoms with van der Waals surface area (Å²) in [7, 11) is 1.88. The number of pyridine rings is 2. The van der Waals surface area contributed by atoms with Crippen LogP contribution in [0.4, 0.5) is 5.82 Å². The predicted octanol–water partition coefficient (Wildman–Crippen LogP) is 3.82. The summed E-state index contributed by atoms with van der Waals surface area (Å²) in [4.78, 5) is 11.9. The third-order valence-electron chi connectivity index (χ3n) is 3.77. The number of nitrogens with zero attached hydrogens (tertiary/aromatic N) is 2. The first-order chi connectivity index (χ1) is 10.3. The van der Waals surface area contributed by atoms with Crippen LogP contribution >= 0.6 is 0 Å². The van der Waals surface area contributed by atoms with E-state index in [1.54, 1.807) is 0 Å². The fraction of sp³-hybridized carbons (Fsp3) is 0.0588. The Bertz CT molecular complexity index is 940. The Morgan fingerprint density at radius 2 is 1.95 bits per heavy atom. The van der Waals surface area contributed by atoms with Crippen LogP contribution in [-0.2, 0) is 0 Å². The molecule has 0 amide bonds. The molecule has 3 aromatic heterocycles. The van der Waals surface area contributed by atoms with Gasteiger partial charge in [-0.2, -0.15) is 0 Å². The number of aromatic amines is 1. The zero-order chi connectivity index (χ0) is 14.2. The van der Waals surface area contributed by atoms with Crippen LogP contribution < -0.4 is 5.32 Å². The maximum atomic E-state index is 4.34. The second kappa shape index (κ2) is 4.59. The van der Waals surface area contributed by atoms with Gasteiger partial charge in [-0.05, 0) is 29.1 Å². The zero-order valence-corrected chi connectivity index (χ0v) is 11.6. The molecule has 4 heteroatoms. The van der Waals surface area contributed by atoms with Gasteiger partial charge in [0.05, 0.1) is 11.7 Å². The molecule has 0 bridgehead atoms. The minimum absolute atomic E-state index is 0.873. The van der Waals surface area contributed by atoms with Crippen molar-refractivity contribution < 1.29 is 0 Å². The van der Waals surface area contributed by atoms with Gasteiger partial charge in [0, 0.05) is 42.0 Å². The first kappa shape index (κ1) is 11.9. The molecule has 0 spiro atoms. The number of fused-ring (bicyclic) bond motifs is 2. The predicted molar refractivity (Wildman–Crippen MR) is 86.4 cm³/mol. The summed E-state index contributed by atoms with van der Waals surface area (Å²) in [5.41, 5.74) is 3.35. The van der Waals surface area contributed by atoms with Gasteiger partial charge in [-0.3, -0.25) is 4.98 Å². The smallest absolute Gasteiger partial charge is 0.126 e. The van der Waals surface area contributed by atoms with Crippen LogP contribution in [0.5, 0.6) is 0 Å². The van der Waals surface area contributed by atoms with Gasteiger partial charge in [0.1, 0.15) is 5.82 Å². The summed E-state index contributed by atoms with van der Waals surface area (Å²) >= 11 is 0. The van der Waals surface area contributed by atoms with Crippen molar-refractivity contribution in [3.63, 3.8) is 0 Å². The van der Waals surface area contributed by atoms with Gasteiger partial charge in [0.2, 0.25) is 0 Å². The molecule has 102 valence electrons. The highest BCUT2D eigenvalue weighted by Crippen LogP contribution is 2.30. The number of H-pyrrole nitrogens is 1. The van der Waals surface area contributed by atoms with Crippen molar-refractivity contribution in [1.82, 2.24) is 15.0 Å². The van der Waals surface area contributed by atoms with Crippen molar-refractivity contribution in [2.45, 2.75) is 0 Å². The van der Waals surface area contributed by atoms with E-state index in [0.717, 1.165) is 27.8 Å². The van der Waals surface area contributed by atoms with E-state index in [4.69, 9.17) is 0 Å². The van der Waals surface area contributed by atoms with Gasteiger partial charge in [-0.15, -0.1) is 0 Å². The number of hydrogen-bond donors (Lipinski definition) is 2. The van der Waals surface area contributed by atoms with Crippen molar-refractivity contribution in [2.75, 3.05) is 12.4 Å². The maximum absolute atomic E-state index is 4.34. The third-order valence-corrected chi connectivity index (χ3v) is 3.77. The average molecular weight is 274 g/mol. The SMILES string of the molecule is CNc1cc2cc(-c3cncc4[nH]ccc34)ccc2cn1. The van der Waals surface area contributed by atoms with Gasteiger partial charge < -0.3 is 10.3 Å². The summed E-state index contributed by atoms with van der Waals surface area (Å²) in [6.45, 7) is 0. The fourth-order valence-corrected chi connectivity index (χ4v) is 2.66. The van der Waals surface area contributed by atoms with E-state index >= 15 is 0 Å². The highest BCUT2D eigenvalue weighted by atomic mass is 14.9. The summed E-state index contributed by atoms with van der Waals surface area (Å²) in [5.74, 6) is 0.873. The number of aromatic nitrogens is 3. The van der Waals surface area contributed by atoms with Gasteiger partial charge in [-0.25, -0.2) is 4.98 Å². The van der Waals surface area contributed by atoms with E-state index in [2.05, 4.69) is 50.6 Å². The molecular weight excluding hydrogens is 260 g/mol. The van der Waals surface area contributed by atoms with E-state index in [1.165, 1.54) is 10.8 Å². The summed E-state index contributed by atoms with van der Waals surface area (Å²) < 4.78 is 0. The third kappa shape index (κ3) is 1.92. The Labute approximate surface area is 121 Å². The molecule has 0 atom stereocenters. The minimum atomic E-state index is 0.873. The van der Waals surface area contributed by atoms with Crippen LogP contribution in [-0.4, -0.2) is 22.0 Å². The van der Waals surface area contributed by atoms with Crippen LogP contribution in [0.1, 0.15) is 0 Å². The quantitative estimate of drug-likeness (QED) is 0.584. The Balaban J connectivity index is 1.95. The Kier molecular flexibility index (Phi) is 2.60. The molecule has 0 fully saturated rings. The van der Waals surface area contributed by atoms with Gasteiger partial charge in [0.15, 0.2) is 0 Å². The molecular formula is C17H14N4. The van der Waals surface area contributed by atoms with Crippen LogP contribution in [0, 0.1) is 0 Å². The Morgan fingerprint density at radius 1 is 1.00 bits per heavy atom. The maximum Gasteiger partial charge on any atom is 0.126 e. The van der Waals surface area contributed by atoms with Gasteiger partial charge in [-0.1, -0.05) is 12.1 Å². The van der Waals surface area contributed by atoms with Gasteiger partial charge in [0.25, 0.3) is 0 Å². The lowest BCUT2D eigenvalue weighted by molar-refractivity contribution is 1.31. The van der Waals surface area contributed by atoms with Crippen molar-refractivity contribution in [2.24, 2.45) is 0 Å². The van der Waals surface area contributed by atoms with Crippen LogP contribution in [0.15, 0.2) is 55.1 Å². The lowest BCUT2D eigenvalue weighted by atomic mass is 10.0. The standard InChI is InChI=1S/C17H14N4/c1-18-17-7-13-6-11(2-3-12(13)8-21-17)15-9-19-10-16-14(15)4-5-20-16/h2-10,20H,1H3,(H,18,21). The molecule has 0 aliphatic heterocycles. The molecule has 4 rings (SSSR count). The topological polar surface area (TPSA) is 53.6 Å². The second-order valence-corrected chi connectivity index (χ2v) is 5.01. The van der Waals surface area contributed by atoms with Gasteiger partial charge >= 0.3 is 0 Å². The summed E-state index contributed by atoms with van der Waals surface area (Å²) in [6.07, 6.45) is 7.60. The number of nitrogens with one attached hydrogen (secondary N) is 2. The van der Waals surface area contributed by atoms with Crippen molar-refractivity contribution >= 4 is 27.5 Å². The lowest BCUT2D eigenvalue weighted by Gasteiger charge is -2.06. The second-order valence-electron chi connectivity index (χ2n) is 5.01. The molecule has 3 heterocycles. The van der Waals surface area contributed by atoms with Crippen molar-refractivity contribution in [3.8, 4) is 11.1 Å². The Hall–Kier alpha value is -2.88. The number of rotatable bonds is 2. The van der Waals surface area contributed by atoms with Crippen molar-refractivity contribution in [3.05, 3.63) is 55.1 Å². The molecule has 0 saturated carbocycles. The number of hydrogen-bond acceptors (Lipinski definition) is 3. The summed E-state index contributed by atoms with van der Waals surface area (Å²) in [5, 5.41) is 6.56. The average Bonchev–Trinajstić information content (AvgIpc) is 3.02. The van der Waals surface area contributed by atoms with E-state index in [1.807, 2.05) is 31.8 Å². The molecule has 0 unspecified atom stereocenters. The van der Waals surface area contributed by atoms with Crippen molar-refractivity contribution in [1.29, 1.82) is 0 Å². The first-order valence-corrected chi connectivity index (χ1v) is 6.84. The van der Waals surface area contributed by atoms with E-state index in [-0.39, 0.29) is 0 Å². The molecule has 0 aliphatic rings. The molecule has 1 aromatic carbocycles. The molecule has 2 N–H and O–H groups in total. The van der Waals surface area contributed by atoms with E-state index in [0.29, 0.717) is 0 Å². The molecule has 4 nitrogen and oxygen atoms in total. The summed E-state index contributed by atoms with van der Waals surface area (Å²) in [6, 6.07) is 10.5. The zero-order valence-electron chi connectivity index (χ0n) is 11.6. The number of anilines is 1.